The van der Waals surface area contributed by atoms with Crippen molar-refractivity contribution < 1.29 is 27.9 Å². The van der Waals surface area contributed by atoms with Gasteiger partial charge in [0.25, 0.3) is 5.95 Å². The van der Waals surface area contributed by atoms with Crippen LogP contribution in [0.25, 0.3) is 0 Å². The molecule has 0 N–H and O–H groups in total. The van der Waals surface area contributed by atoms with Gasteiger partial charge in [0.1, 0.15) is 5.75 Å². The van der Waals surface area contributed by atoms with E-state index in [0.717, 1.165) is 0 Å². The monoisotopic (exact) mass is 436 g/mol. The number of halogens is 1. The molecule has 1 aromatic carbocycles. The Hall–Kier alpha value is -2.59. The van der Waals surface area contributed by atoms with E-state index in [4.69, 9.17) is 14.0 Å². The maximum atomic E-state index is 13.9. The highest BCUT2D eigenvalue weighted by molar-refractivity contribution is 7.54. The second kappa shape index (κ2) is 7.28. The summed E-state index contributed by atoms with van der Waals surface area (Å²) in [6.45, 7) is 3.10. The molecular formula is C18H18FN4O6P. The minimum Gasteiger partial charge on any atom is -0.493 e. The van der Waals surface area contributed by atoms with Gasteiger partial charge in [-0.15, -0.1) is 0 Å². The molecule has 3 aliphatic rings. The number of fused-ring (bicyclic) bond motifs is 1. The number of aromatic nitrogens is 1. The number of nitrogens with zero attached hydrogens (tertiary/aromatic N) is 4. The van der Waals surface area contributed by atoms with Gasteiger partial charge in [-0.1, -0.05) is 0 Å². The van der Waals surface area contributed by atoms with E-state index in [0.29, 0.717) is 38.2 Å². The first-order chi connectivity index (χ1) is 14.5. The predicted molar refractivity (Wildman–Crippen MR) is 102 cm³/mol. The summed E-state index contributed by atoms with van der Waals surface area (Å²) in [5.74, 6) is -1.03. The molecule has 0 aliphatic carbocycles. The number of benzene rings is 1. The standard InChI is InChI=1S/C18H18FN4O6P/c19-18-15(2-1-4-20-18)28-17-10-12-14(3-9-27-16(12)11-13(17)23(24)25)29-30(26,21-5-6-21)22-7-8-22/h1-2,4,10-11,14H,3,5-9H2/t14-/m0/s1. The second-order valence-electron chi connectivity index (χ2n) is 7.14. The SMILES string of the molecule is O=[N+]([O-])c1cc2c(cc1Oc1cccnc1F)[C@@H](OP(=O)(N1CC1)N1CC1)CCO2. The van der Waals surface area contributed by atoms with Gasteiger partial charge in [-0.3, -0.25) is 19.2 Å². The summed E-state index contributed by atoms with van der Waals surface area (Å²) in [5, 5.41) is 11.6. The lowest BCUT2D eigenvalue weighted by Crippen LogP contribution is -2.19. The summed E-state index contributed by atoms with van der Waals surface area (Å²) in [7, 11) is -3.12. The average molecular weight is 436 g/mol. The quantitative estimate of drug-likeness (QED) is 0.212. The minimum atomic E-state index is -3.12. The fraction of sp³-hybridized carbons (Fsp3) is 0.389. The molecule has 0 radical (unpaired) electrons. The molecule has 10 nitrogen and oxygen atoms in total. The van der Waals surface area contributed by atoms with Gasteiger partial charge in [-0.2, -0.15) is 4.39 Å². The normalized spacial score (nSPS) is 20.9. The molecular weight excluding hydrogens is 418 g/mol. The van der Waals surface area contributed by atoms with Crippen molar-refractivity contribution in [2.45, 2.75) is 12.5 Å². The van der Waals surface area contributed by atoms with Crippen LogP contribution in [0, 0.1) is 16.1 Å². The molecule has 158 valence electrons. The molecule has 2 fully saturated rings. The van der Waals surface area contributed by atoms with Crippen LogP contribution in [0.15, 0.2) is 30.5 Å². The number of hydrogen-bond acceptors (Lipinski definition) is 7. The first kappa shape index (κ1) is 19.4. The van der Waals surface area contributed by atoms with E-state index in [2.05, 4.69) is 4.98 Å². The summed E-state index contributed by atoms with van der Waals surface area (Å²) in [4.78, 5) is 14.4. The van der Waals surface area contributed by atoms with E-state index in [-0.39, 0.29) is 29.5 Å². The number of nitro benzene ring substituents is 1. The van der Waals surface area contributed by atoms with Crippen molar-refractivity contribution in [1.82, 2.24) is 14.3 Å². The molecule has 3 aliphatic heterocycles. The molecule has 0 amide bonds. The highest BCUT2D eigenvalue weighted by Crippen LogP contribution is 2.64. The van der Waals surface area contributed by atoms with Gasteiger partial charge in [0.15, 0.2) is 5.75 Å². The van der Waals surface area contributed by atoms with Gasteiger partial charge in [0.05, 0.1) is 23.7 Å². The average Bonchev–Trinajstić information content (AvgIpc) is 3.62. The first-order valence-corrected chi connectivity index (χ1v) is 11.0. The van der Waals surface area contributed by atoms with Crippen LogP contribution in [-0.2, 0) is 9.09 Å². The third-order valence-electron chi connectivity index (χ3n) is 5.04. The van der Waals surface area contributed by atoms with Crippen LogP contribution < -0.4 is 9.47 Å². The molecule has 1 aromatic heterocycles. The minimum absolute atomic E-state index is 0.168. The fourth-order valence-electron chi connectivity index (χ4n) is 3.35. The van der Waals surface area contributed by atoms with E-state index < -0.39 is 24.6 Å². The molecule has 1 atom stereocenters. The van der Waals surface area contributed by atoms with Crippen molar-refractivity contribution >= 4 is 13.4 Å². The van der Waals surface area contributed by atoms with Crippen LogP contribution in [-0.4, -0.2) is 52.0 Å². The Morgan fingerprint density at radius 3 is 2.60 bits per heavy atom. The van der Waals surface area contributed by atoms with Gasteiger partial charge in [0, 0.05) is 44.4 Å². The third kappa shape index (κ3) is 3.54. The Morgan fingerprint density at radius 2 is 1.97 bits per heavy atom. The molecule has 5 rings (SSSR count). The van der Waals surface area contributed by atoms with E-state index in [9.17, 15) is 19.1 Å². The topological polar surface area (TPSA) is 107 Å². The molecule has 0 saturated carbocycles. The van der Waals surface area contributed by atoms with Gasteiger partial charge < -0.3 is 9.47 Å². The molecule has 30 heavy (non-hydrogen) atoms. The number of ether oxygens (including phenoxy) is 2. The Balaban J connectivity index is 1.51. The van der Waals surface area contributed by atoms with Crippen LogP contribution >= 0.6 is 7.67 Å². The van der Waals surface area contributed by atoms with E-state index in [1.807, 2.05) is 0 Å². The van der Waals surface area contributed by atoms with Crippen molar-refractivity contribution in [1.29, 1.82) is 0 Å². The van der Waals surface area contributed by atoms with Crippen molar-refractivity contribution in [3.8, 4) is 17.2 Å². The zero-order chi connectivity index (χ0) is 20.9. The van der Waals surface area contributed by atoms with Crippen LogP contribution in [0.5, 0.6) is 17.2 Å². The summed E-state index contributed by atoms with van der Waals surface area (Å²) < 4.78 is 48.1. The Labute approximate surface area is 170 Å². The van der Waals surface area contributed by atoms with Crippen molar-refractivity contribution in [2.24, 2.45) is 0 Å². The van der Waals surface area contributed by atoms with E-state index in [1.54, 1.807) is 9.34 Å². The highest BCUT2D eigenvalue weighted by Gasteiger charge is 2.51. The number of pyridine rings is 1. The molecule has 0 bridgehead atoms. The molecule has 0 spiro atoms. The number of hydrogen-bond donors (Lipinski definition) is 0. The molecule has 2 aromatic rings. The largest absolute Gasteiger partial charge is 0.493 e. The number of rotatable bonds is 7. The van der Waals surface area contributed by atoms with Gasteiger partial charge >= 0.3 is 13.4 Å². The van der Waals surface area contributed by atoms with Crippen LogP contribution in [0.3, 0.4) is 0 Å². The van der Waals surface area contributed by atoms with Gasteiger partial charge in [0.2, 0.25) is 5.75 Å². The zero-order valence-corrected chi connectivity index (χ0v) is 16.7. The Morgan fingerprint density at radius 1 is 1.23 bits per heavy atom. The van der Waals surface area contributed by atoms with E-state index in [1.165, 1.54) is 30.5 Å². The van der Waals surface area contributed by atoms with Gasteiger partial charge in [-0.25, -0.2) is 14.3 Å². The van der Waals surface area contributed by atoms with Crippen molar-refractivity contribution in [3.63, 3.8) is 0 Å². The van der Waals surface area contributed by atoms with Crippen LogP contribution in [0.1, 0.15) is 18.1 Å². The second-order valence-corrected chi connectivity index (χ2v) is 9.46. The summed E-state index contributed by atoms with van der Waals surface area (Å²) >= 11 is 0. The van der Waals surface area contributed by atoms with E-state index >= 15 is 0 Å². The molecule has 12 heteroatoms. The Kier molecular flexibility index (Phi) is 4.70. The van der Waals surface area contributed by atoms with Crippen LogP contribution in [0.2, 0.25) is 0 Å². The predicted octanol–water partition coefficient (Wildman–Crippen LogP) is 3.50. The lowest BCUT2D eigenvalue weighted by Gasteiger charge is -2.30. The molecule has 0 unspecified atom stereocenters. The maximum Gasteiger partial charge on any atom is 0.346 e. The fourth-order valence-corrected chi connectivity index (χ4v) is 5.71. The summed E-state index contributed by atoms with van der Waals surface area (Å²) in [5.41, 5.74) is 0.104. The molecule has 4 heterocycles. The summed E-state index contributed by atoms with van der Waals surface area (Å²) in [6, 6.07) is 5.42. The summed E-state index contributed by atoms with van der Waals surface area (Å²) in [6.07, 6.45) is 1.08. The zero-order valence-electron chi connectivity index (χ0n) is 15.8. The Bertz CT molecular complexity index is 1040. The third-order valence-corrected chi connectivity index (χ3v) is 7.80. The van der Waals surface area contributed by atoms with Crippen molar-refractivity contribution in [2.75, 3.05) is 32.8 Å². The number of nitro groups is 1. The molecule has 2 saturated heterocycles. The maximum absolute atomic E-state index is 13.9. The smallest absolute Gasteiger partial charge is 0.346 e. The van der Waals surface area contributed by atoms with Crippen LogP contribution in [0.4, 0.5) is 10.1 Å². The first-order valence-electron chi connectivity index (χ1n) is 9.48. The van der Waals surface area contributed by atoms with Gasteiger partial charge in [-0.05, 0) is 18.2 Å². The lowest BCUT2D eigenvalue weighted by atomic mass is 10.0. The lowest BCUT2D eigenvalue weighted by molar-refractivity contribution is -0.385. The highest BCUT2D eigenvalue weighted by atomic mass is 31.2. The van der Waals surface area contributed by atoms with Crippen molar-refractivity contribution in [3.05, 3.63) is 52.1 Å².